The Morgan fingerprint density at radius 1 is 1.27 bits per heavy atom. The van der Waals surface area contributed by atoms with Gasteiger partial charge in [0.2, 0.25) is 0 Å². The van der Waals surface area contributed by atoms with E-state index in [4.69, 9.17) is 16.1 Å². The molecule has 0 fully saturated rings. The number of nitrogens with zero attached hydrogens (tertiary/aromatic N) is 1. The molecular weight excluding hydrogens is 188 g/mol. The van der Waals surface area contributed by atoms with Crippen LogP contribution in [0.15, 0.2) is 0 Å². The molecule has 0 amide bonds. The molecule has 68 valence electrons. The molecule has 0 unspecified atom stereocenters. The first kappa shape index (κ1) is 11.5. The van der Waals surface area contributed by atoms with E-state index >= 15 is 0 Å². The average Bonchev–Trinajstić information content (AvgIpc) is 1.96. The number of nitrogens with two attached hydrogens (primary N) is 1. The number of hydrogen-bond acceptors (Lipinski definition) is 7. The quantitative estimate of drug-likeness (QED) is 0.310. The Hall–Kier alpha value is 0.500. The molecule has 7 heteroatoms. The molecular formula is C4H12N2O3S2. The monoisotopic (exact) mass is 200 g/mol. The smallest absolute Gasteiger partial charge is 0.0834 e. The van der Waals surface area contributed by atoms with E-state index in [1.54, 1.807) is 21.6 Å². The average molecular weight is 200 g/mol. The predicted molar refractivity (Wildman–Crippen MR) is 45.3 cm³/mol. The van der Waals surface area contributed by atoms with Crippen LogP contribution in [-0.2, 0) is 4.84 Å². The van der Waals surface area contributed by atoms with Crippen molar-refractivity contribution in [3.05, 3.63) is 0 Å². The summed E-state index contributed by atoms with van der Waals surface area (Å²) in [5.74, 6) is 1.59. The van der Waals surface area contributed by atoms with Gasteiger partial charge in [0.05, 0.1) is 12.0 Å². The maximum atomic E-state index is 8.09. The molecule has 0 aliphatic carbocycles. The summed E-state index contributed by atoms with van der Waals surface area (Å²) in [6, 6.07) is 0. The van der Waals surface area contributed by atoms with Crippen LogP contribution in [0.5, 0.6) is 0 Å². The fourth-order valence-electron chi connectivity index (χ4n) is 0.319. The highest BCUT2D eigenvalue weighted by Gasteiger charge is 1.93. The standard InChI is InChI=1S/C4H12N2O3S2/c5-1-3-10-11-4-2-9-6(7)8/h7-8H,1-5H2. The lowest BCUT2D eigenvalue weighted by molar-refractivity contribution is -0.490. The molecule has 0 aliphatic heterocycles. The van der Waals surface area contributed by atoms with E-state index < -0.39 is 0 Å². The van der Waals surface area contributed by atoms with Crippen LogP contribution in [0, 0.1) is 0 Å². The van der Waals surface area contributed by atoms with Gasteiger partial charge in [-0.05, 0) is 0 Å². The van der Waals surface area contributed by atoms with Gasteiger partial charge in [0.1, 0.15) is 0 Å². The lowest BCUT2D eigenvalue weighted by atomic mass is 10.8. The minimum Gasteiger partial charge on any atom is -0.330 e. The van der Waals surface area contributed by atoms with Gasteiger partial charge >= 0.3 is 0 Å². The van der Waals surface area contributed by atoms with E-state index in [2.05, 4.69) is 4.84 Å². The minimum absolute atomic E-state index is 0.273. The molecule has 0 aromatic heterocycles. The molecule has 0 saturated carbocycles. The van der Waals surface area contributed by atoms with Gasteiger partial charge in [-0.3, -0.25) is 10.4 Å². The second-order valence-electron chi connectivity index (χ2n) is 1.52. The van der Waals surface area contributed by atoms with E-state index in [1.807, 2.05) is 0 Å². The third-order valence-corrected chi connectivity index (χ3v) is 3.06. The van der Waals surface area contributed by atoms with Crippen molar-refractivity contribution < 1.29 is 15.3 Å². The van der Waals surface area contributed by atoms with E-state index in [-0.39, 0.29) is 12.0 Å². The van der Waals surface area contributed by atoms with Crippen molar-refractivity contribution >= 4 is 21.6 Å². The minimum atomic E-state index is -0.284. The SMILES string of the molecule is NCCSSCCON(O)O. The Labute approximate surface area is 73.1 Å². The molecule has 0 bridgehead atoms. The molecule has 0 aromatic carbocycles. The zero-order valence-electron chi connectivity index (χ0n) is 5.97. The number of rotatable bonds is 7. The zero-order valence-corrected chi connectivity index (χ0v) is 7.61. The van der Waals surface area contributed by atoms with Gasteiger partial charge < -0.3 is 5.73 Å². The molecule has 4 N–H and O–H groups in total. The maximum Gasteiger partial charge on any atom is 0.0834 e. The van der Waals surface area contributed by atoms with Crippen LogP contribution in [0.4, 0.5) is 0 Å². The highest BCUT2D eigenvalue weighted by atomic mass is 33.1. The Morgan fingerprint density at radius 3 is 2.45 bits per heavy atom. The van der Waals surface area contributed by atoms with E-state index in [9.17, 15) is 0 Å². The molecule has 0 radical (unpaired) electrons. The highest BCUT2D eigenvalue weighted by Crippen LogP contribution is 2.19. The van der Waals surface area contributed by atoms with Crippen LogP contribution < -0.4 is 5.73 Å². The Morgan fingerprint density at radius 2 is 1.91 bits per heavy atom. The van der Waals surface area contributed by atoms with Crippen molar-refractivity contribution in [3.8, 4) is 0 Å². The third-order valence-electron chi connectivity index (χ3n) is 0.658. The number of hydrogen-bond donors (Lipinski definition) is 3. The summed E-state index contributed by atoms with van der Waals surface area (Å²) in [6.07, 6.45) is 0. The Bertz CT molecular complexity index is 85.7. The molecule has 0 saturated heterocycles. The van der Waals surface area contributed by atoms with Gasteiger partial charge in [-0.15, -0.1) is 0 Å². The topological polar surface area (TPSA) is 79.0 Å². The van der Waals surface area contributed by atoms with Crippen LogP contribution in [0.2, 0.25) is 0 Å². The Balaban J connectivity index is 2.80. The summed E-state index contributed by atoms with van der Waals surface area (Å²) in [5, 5.41) is 15.9. The van der Waals surface area contributed by atoms with Crippen LogP contribution in [0.25, 0.3) is 0 Å². The molecule has 0 aliphatic rings. The van der Waals surface area contributed by atoms with Gasteiger partial charge in [-0.25, -0.2) is 4.84 Å². The van der Waals surface area contributed by atoms with Gasteiger partial charge in [-0.2, -0.15) is 0 Å². The molecule has 5 nitrogen and oxygen atoms in total. The van der Waals surface area contributed by atoms with Crippen molar-refractivity contribution in [3.63, 3.8) is 0 Å². The van der Waals surface area contributed by atoms with Gasteiger partial charge in [0, 0.05) is 18.1 Å². The molecule has 0 aromatic rings. The van der Waals surface area contributed by atoms with E-state index in [0.717, 1.165) is 5.75 Å². The predicted octanol–water partition coefficient (Wildman–Crippen LogP) is 0.338. The van der Waals surface area contributed by atoms with Gasteiger partial charge in [0.25, 0.3) is 0 Å². The summed E-state index contributed by atoms with van der Waals surface area (Å²) in [5.41, 5.74) is 5.24. The third kappa shape index (κ3) is 10.5. The van der Waals surface area contributed by atoms with Gasteiger partial charge in [0.15, 0.2) is 0 Å². The highest BCUT2D eigenvalue weighted by molar-refractivity contribution is 8.76. The zero-order chi connectivity index (χ0) is 8.53. The summed E-state index contributed by atoms with van der Waals surface area (Å²) in [4.78, 5) is 4.30. The van der Waals surface area contributed by atoms with Crippen molar-refractivity contribution in [2.24, 2.45) is 5.73 Å². The van der Waals surface area contributed by atoms with Crippen LogP contribution in [0.3, 0.4) is 0 Å². The summed E-state index contributed by atoms with van der Waals surface area (Å²) < 4.78 is 0. The molecule has 0 spiro atoms. The van der Waals surface area contributed by atoms with Crippen LogP contribution in [-0.4, -0.2) is 40.5 Å². The second-order valence-corrected chi connectivity index (χ2v) is 4.22. The lowest BCUT2D eigenvalue weighted by Gasteiger charge is -2.04. The van der Waals surface area contributed by atoms with Crippen LogP contribution in [0.1, 0.15) is 0 Å². The van der Waals surface area contributed by atoms with E-state index in [0.29, 0.717) is 12.3 Å². The molecule has 0 rings (SSSR count). The van der Waals surface area contributed by atoms with Crippen molar-refractivity contribution in [2.75, 3.05) is 24.7 Å². The summed E-state index contributed by atoms with van der Waals surface area (Å²) in [6.45, 7) is 0.930. The van der Waals surface area contributed by atoms with Crippen LogP contribution >= 0.6 is 21.6 Å². The second kappa shape index (κ2) is 8.60. The molecule has 0 atom stereocenters. The van der Waals surface area contributed by atoms with Crippen molar-refractivity contribution in [1.82, 2.24) is 5.39 Å². The van der Waals surface area contributed by atoms with Gasteiger partial charge in [-0.1, -0.05) is 21.6 Å². The largest absolute Gasteiger partial charge is 0.330 e. The maximum absolute atomic E-state index is 8.09. The fourth-order valence-corrected chi connectivity index (χ4v) is 1.99. The lowest BCUT2D eigenvalue weighted by Crippen LogP contribution is -2.15. The first-order valence-electron chi connectivity index (χ1n) is 3.02. The Kier molecular flexibility index (Phi) is 8.99. The molecule has 0 heterocycles. The summed E-state index contributed by atoms with van der Waals surface area (Å²) >= 11 is 0. The molecule has 11 heavy (non-hydrogen) atoms. The first-order valence-corrected chi connectivity index (χ1v) is 5.51. The first-order chi connectivity index (χ1) is 5.27. The normalized spacial score (nSPS) is 10.9. The fraction of sp³-hybridized carbons (Fsp3) is 1.00. The summed E-state index contributed by atoms with van der Waals surface area (Å²) in [7, 11) is 3.22. The van der Waals surface area contributed by atoms with Crippen molar-refractivity contribution in [1.29, 1.82) is 0 Å². The van der Waals surface area contributed by atoms with Crippen molar-refractivity contribution in [2.45, 2.75) is 0 Å². The van der Waals surface area contributed by atoms with E-state index in [1.165, 1.54) is 0 Å².